The van der Waals surface area contributed by atoms with E-state index in [2.05, 4.69) is 88.0 Å². The molecule has 0 aromatic heterocycles. The van der Waals surface area contributed by atoms with Crippen molar-refractivity contribution in [2.24, 2.45) is 0 Å². The quantitative estimate of drug-likeness (QED) is 0.457. The molecule has 2 atom stereocenters. The normalized spacial score (nSPS) is 20.6. The maximum Gasteiger partial charge on any atom is 0.261 e. The van der Waals surface area contributed by atoms with Crippen LogP contribution in [0.3, 0.4) is 0 Å². The molecule has 2 aromatic rings. The monoisotopic (exact) mass is 338 g/mol. The van der Waals surface area contributed by atoms with E-state index in [9.17, 15) is 0 Å². The molecule has 1 fully saturated rings. The van der Waals surface area contributed by atoms with Crippen LogP contribution in [0.5, 0.6) is 0 Å². The van der Waals surface area contributed by atoms with Crippen LogP contribution in [0.15, 0.2) is 73.3 Å². The Hall–Kier alpha value is -1.68. The standard InChI is InChI=1S/C21H26O2Si/c1-5-19-20(23-19)16-22-24(21(2,3)4,17-12-8-6-9-13-17)18-14-10-7-11-15-18/h5-15,19-20H,1,16H2,2-4H3/t19-,20-/m1/s1. The lowest BCUT2D eigenvalue weighted by atomic mass is 10.2. The molecule has 1 saturated heterocycles. The minimum atomic E-state index is -2.43. The van der Waals surface area contributed by atoms with E-state index in [-0.39, 0.29) is 17.2 Å². The van der Waals surface area contributed by atoms with E-state index in [0.29, 0.717) is 6.61 Å². The summed E-state index contributed by atoms with van der Waals surface area (Å²) in [6, 6.07) is 21.4. The lowest BCUT2D eigenvalue weighted by Crippen LogP contribution is -2.66. The highest BCUT2D eigenvalue weighted by Gasteiger charge is 2.51. The van der Waals surface area contributed by atoms with Crippen molar-refractivity contribution < 1.29 is 9.16 Å². The molecule has 3 heteroatoms. The third-order valence-electron chi connectivity index (χ3n) is 4.73. The fourth-order valence-electron chi connectivity index (χ4n) is 3.47. The number of ether oxygens (including phenoxy) is 1. The molecular weight excluding hydrogens is 312 g/mol. The molecule has 1 aliphatic heterocycles. The van der Waals surface area contributed by atoms with Gasteiger partial charge in [0.1, 0.15) is 12.2 Å². The average Bonchev–Trinajstić information content (AvgIpc) is 3.35. The van der Waals surface area contributed by atoms with Gasteiger partial charge in [-0.05, 0) is 15.4 Å². The van der Waals surface area contributed by atoms with E-state index in [1.165, 1.54) is 10.4 Å². The fraction of sp³-hybridized carbons (Fsp3) is 0.333. The molecule has 0 saturated carbocycles. The molecule has 0 radical (unpaired) electrons. The Morgan fingerprint density at radius 1 is 1.00 bits per heavy atom. The minimum absolute atomic E-state index is 0.00821. The maximum atomic E-state index is 6.79. The molecule has 1 heterocycles. The van der Waals surface area contributed by atoms with E-state index in [0.717, 1.165) is 0 Å². The number of rotatable bonds is 6. The molecule has 0 aliphatic carbocycles. The molecule has 126 valence electrons. The molecule has 0 amide bonds. The second-order valence-corrected chi connectivity index (χ2v) is 11.7. The van der Waals surface area contributed by atoms with Crippen LogP contribution in [-0.4, -0.2) is 27.1 Å². The van der Waals surface area contributed by atoms with E-state index in [4.69, 9.17) is 9.16 Å². The number of epoxide rings is 1. The molecule has 0 unspecified atom stereocenters. The lowest BCUT2D eigenvalue weighted by Gasteiger charge is -2.43. The third-order valence-corrected chi connectivity index (χ3v) is 9.74. The van der Waals surface area contributed by atoms with E-state index in [1.807, 2.05) is 6.08 Å². The van der Waals surface area contributed by atoms with E-state index < -0.39 is 8.32 Å². The fourth-order valence-corrected chi connectivity index (χ4v) is 8.04. The summed E-state index contributed by atoms with van der Waals surface area (Å²) in [7, 11) is -2.43. The van der Waals surface area contributed by atoms with Gasteiger partial charge in [-0.3, -0.25) is 0 Å². The maximum absolute atomic E-state index is 6.79. The Kier molecular flexibility index (Phi) is 4.77. The summed E-state index contributed by atoms with van der Waals surface area (Å²) in [6.45, 7) is 11.3. The Labute approximate surface area is 146 Å². The van der Waals surface area contributed by atoms with Crippen molar-refractivity contribution in [1.82, 2.24) is 0 Å². The Morgan fingerprint density at radius 2 is 1.50 bits per heavy atom. The molecule has 3 rings (SSSR count). The van der Waals surface area contributed by atoms with E-state index >= 15 is 0 Å². The van der Waals surface area contributed by atoms with Crippen LogP contribution in [0, 0.1) is 0 Å². The van der Waals surface area contributed by atoms with Crippen molar-refractivity contribution in [3.05, 3.63) is 73.3 Å². The van der Waals surface area contributed by atoms with Crippen molar-refractivity contribution in [2.45, 2.75) is 38.0 Å². The molecule has 2 nitrogen and oxygen atoms in total. The summed E-state index contributed by atoms with van der Waals surface area (Å²) in [5.74, 6) is 0. The SMILES string of the molecule is C=C[C@H]1O[C@@H]1CO[Si](c1ccccc1)(c1ccccc1)C(C)(C)C. The Morgan fingerprint density at radius 3 is 1.88 bits per heavy atom. The number of benzene rings is 2. The number of hydrogen-bond acceptors (Lipinski definition) is 2. The summed E-state index contributed by atoms with van der Waals surface area (Å²) in [6.07, 6.45) is 2.15. The molecular formula is C21H26O2Si. The van der Waals surface area contributed by atoms with Crippen molar-refractivity contribution in [3.8, 4) is 0 Å². The first-order valence-electron chi connectivity index (χ1n) is 8.52. The first-order valence-corrected chi connectivity index (χ1v) is 10.4. The van der Waals surface area contributed by atoms with Crippen molar-refractivity contribution in [3.63, 3.8) is 0 Å². The van der Waals surface area contributed by atoms with Crippen molar-refractivity contribution in [1.29, 1.82) is 0 Å². The largest absolute Gasteiger partial charge is 0.405 e. The summed E-state index contributed by atoms with van der Waals surface area (Å²) in [5, 5.41) is 2.62. The zero-order valence-corrected chi connectivity index (χ0v) is 15.7. The zero-order valence-electron chi connectivity index (χ0n) is 14.7. The predicted octanol–water partition coefficient (Wildman–Crippen LogP) is 3.52. The van der Waals surface area contributed by atoms with Crippen LogP contribution in [-0.2, 0) is 9.16 Å². The highest BCUT2D eigenvalue weighted by atomic mass is 28.4. The lowest BCUT2D eigenvalue weighted by molar-refractivity contribution is 0.249. The minimum Gasteiger partial charge on any atom is -0.405 e. The molecule has 0 bridgehead atoms. The Balaban J connectivity index is 2.05. The second-order valence-electron chi connectivity index (χ2n) is 7.35. The summed E-state index contributed by atoms with van der Waals surface area (Å²) >= 11 is 0. The summed E-state index contributed by atoms with van der Waals surface area (Å²) in [5.41, 5.74) is 0. The van der Waals surface area contributed by atoms with Gasteiger partial charge in [0.05, 0.1) is 6.61 Å². The van der Waals surface area contributed by atoms with Crippen LogP contribution in [0.1, 0.15) is 20.8 Å². The van der Waals surface area contributed by atoms with E-state index in [1.54, 1.807) is 0 Å². The van der Waals surface area contributed by atoms with Crippen molar-refractivity contribution >= 4 is 18.7 Å². The molecule has 0 N–H and O–H groups in total. The van der Waals surface area contributed by atoms with Crippen LogP contribution < -0.4 is 10.4 Å². The first-order chi connectivity index (χ1) is 11.5. The van der Waals surface area contributed by atoms with Gasteiger partial charge in [-0.15, -0.1) is 6.58 Å². The summed E-state index contributed by atoms with van der Waals surface area (Å²) in [4.78, 5) is 0. The number of hydrogen-bond donors (Lipinski definition) is 0. The second kappa shape index (κ2) is 6.67. The predicted molar refractivity (Wildman–Crippen MR) is 102 cm³/mol. The smallest absolute Gasteiger partial charge is 0.261 e. The van der Waals surface area contributed by atoms with Crippen LogP contribution in [0.4, 0.5) is 0 Å². The Bertz CT molecular complexity index is 636. The summed E-state index contributed by atoms with van der Waals surface area (Å²) < 4.78 is 12.4. The van der Waals surface area contributed by atoms with Gasteiger partial charge in [0, 0.05) is 0 Å². The first kappa shape index (κ1) is 17.2. The van der Waals surface area contributed by atoms with Gasteiger partial charge in [0.2, 0.25) is 0 Å². The molecule has 1 aliphatic rings. The topological polar surface area (TPSA) is 21.8 Å². The van der Waals surface area contributed by atoms with Gasteiger partial charge in [-0.25, -0.2) is 0 Å². The zero-order chi connectivity index (χ0) is 17.2. The van der Waals surface area contributed by atoms with Gasteiger partial charge in [0.25, 0.3) is 8.32 Å². The van der Waals surface area contributed by atoms with Crippen LogP contribution in [0.25, 0.3) is 0 Å². The van der Waals surface area contributed by atoms with Crippen molar-refractivity contribution in [2.75, 3.05) is 6.61 Å². The molecule has 0 spiro atoms. The van der Waals surface area contributed by atoms with Gasteiger partial charge in [-0.2, -0.15) is 0 Å². The van der Waals surface area contributed by atoms with Gasteiger partial charge in [-0.1, -0.05) is 87.5 Å². The van der Waals surface area contributed by atoms with Crippen LogP contribution >= 0.6 is 0 Å². The molecule has 2 aromatic carbocycles. The average molecular weight is 339 g/mol. The highest BCUT2D eigenvalue weighted by molar-refractivity contribution is 6.99. The van der Waals surface area contributed by atoms with Gasteiger partial charge < -0.3 is 9.16 Å². The highest BCUT2D eigenvalue weighted by Crippen LogP contribution is 2.37. The third kappa shape index (κ3) is 3.12. The molecule has 24 heavy (non-hydrogen) atoms. The van der Waals surface area contributed by atoms with Gasteiger partial charge in [0.15, 0.2) is 0 Å². The van der Waals surface area contributed by atoms with Crippen LogP contribution in [0.2, 0.25) is 5.04 Å². The van der Waals surface area contributed by atoms with Gasteiger partial charge >= 0.3 is 0 Å².